The third-order valence-electron chi connectivity index (χ3n) is 3.51. The molecule has 1 aromatic heterocycles. The third kappa shape index (κ3) is 3.96. The number of ether oxygens (including phenoxy) is 2. The molecular formula is C16H18BrN3O2. The van der Waals surface area contributed by atoms with Gasteiger partial charge in [-0.3, -0.25) is 0 Å². The van der Waals surface area contributed by atoms with Crippen LogP contribution in [0.3, 0.4) is 0 Å². The lowest BCUT2D eigenvalue weighted by atomic mass is 10.1. The number of halogens is 1. The van der Waals surface area contributed by atoms with Crippen molar-refractivity contribution in [2.24, 2.45) is 0 Å². The van der Waals surface area contributed by atoms with Crippen LogP contribution in [-0.2, 0) is 4.74 Å². The molecule has 0 radical (unpaired) electrons. The Labute approximate surface area is 138 Å². The van der Waals surface area contributed by atoms with Crippen LogP contribution in [0.2, 0.25) is 0 Å². The molecule has 1 aliphatic rings. The van der Waals surface area contributed by atoms with E-state index in [2.05, 4.69) is 31.2 Å². The first kappa shape index (κ1) is 15.2. The summed E-state index contributed by atoms with van der Waals surface area (Å²) in [6, 6.07) is 6.01. The first-order chi connectivity index (χ1) is 10.7. The molecule has 0 bridgehead atoms. The quantitative estimate of drug-likeness (QED) is 0.893. The van der Waals surface area contributed by atoms with Crippen molar-refractivity contribution in [1.29, 1.82) is 0 Å². The highest BCUT2D eigenvalue weighted by molar-refractivity contribution is 9.10. The number of hydrogen-bond acceptors (Lipinski definition) is 5. The third-order valence-corrected chi connectivity index (χ3v) is 3.92. The fourth-order valence-corrected chi connectivity index (χ4v) is 2.54. The minimum Gasteiger partial charge on any atom is -0.490 e. The number of hydrogen-bond donors (Lipinski definition) is 1. The van der Waals surface area contributed by atoms with Crippen molar-refractivity contribution in [3.05, 3.63) is 40.6 Å². The molecule has 1 aromatic carbocycles. The highest BCUT2D eigenvalue weighted by Crippen LogP contribution is 2.26. The molecule has 1 N–H and O–H groups in total. The average Bonchev–Trinajstić information content (AvgIpc) is 2.53. The molecule has 0 amide bonds. The Morgan fingerprint density at radius 2 is 1.95 bits per heavy atom. The Morgan fingerprint density at radius 1 is 1.23 bits per heavy atom. The number of aromatic nitrogens is 2. The van der Waals surface area contributed by atoms with Crippen molar-refractivity contribution in [3.8, 4) is 5.75 Å². The number of rotatable bonds is 4. The molecular weight excluding hydrogens is 346 g/mol. The van der Waals surface area contributed by atoms with Crippen LogP contribution in [0, 0.1) is 6.92 Å². The smallest absolute Gasteiger partial charge is 0.227 e. The van der Waals surface area contributed by atoms with Crippen LogP contribution in [0.25, 0.3) is 0 Å². The number of aryl methyl sites for hydroxylation is 1. The fraction of sp³-hybridized carbons (Fsp3) is 0.375. The van der Waals surface area contributed by atoms with E-state index in [1.807, 2.05) is 25.1 Å². The van der Waals surface area contributed by atoms with E-state index in [4.69, 9.17) is 9.47 Å². The lowest BCUT2D eigenvalue weighted by Crippen LogP contribution is -2.26. The predicted octanol–water partition coefficient (Wildman–Crippen LogP) is 3.85. The molecule has 2 heterocycles. The molecule has 22 heavy (non-hydrogen) atoms. The van der Waals surface area contributed by atoms with Gasteiger partial charge in [-0.25, -0.2) is 9.97 Å². The monoisotopic (exact) mass is 363 g/mol. The SMILES string of the molecule is Cc1cc(Nc2ncc(Br)cn2)ccc1OC1CCOCC1. The van der Waals surface area contributed by atoms with Gasteiger partial charge < -0.3 is 14.8 Å². The zero-order chi connectivity index (χ0) is 15.4. The van der Waals surface area contributed by atoms with Crippen LogP contribution in [0.4, 0.5) is 11.6 Å². The van der Waals surface area contributed by atoms with Gasteiger partial charge in [-0.1, -0.05) is 0 Å². The highest BCUT2D eigenvalue weighted by Gasteiger charge is 2.16. The van der Waals surface area contributed by atoms with Gasteiger partial charge in [-0.05, 0) is 46.6 Å². The van der Waals surface area contributed by atoms with Crippen LogP contribution in [0.5, 0.6) is 5.75 Å². The Balaban J connectivity index is 1.67. The summed E-state index contributed by atoms with van der Waals surface area (Å²) in [7, 11) is 0. The molecule has 0 saturated carbocycles. The Bertz CT molecular complexity index is 628. The van der Waals surface area contributed by atoms with Crippen molar-refractivity contribution in [3.63, 3.8) is 0 Å². The lowest BCUT2D eigenvalue weighted by Gasteiger charge is -2.24. The Hall–Kier alpha value is -1.66. The number of anilines is 2. The van der Waals surface area contributed by atoms with E-state index >= 15 is 0 Å². The molecule has 1 saturated heterocycles. The standard InChI is InChI=1S/C16H18BrN3O2/c1-11-8-13(20-16-18-9-12(17)10-19-16)2-3-15(11)22-14-4-6-21-7-5-14/h2-3,8-10,14H,4-7H2,1H3,(H,18,19,20). The Morgan fingerprint density at radius 3 is 2.64 bits per heavy atom. The van der Waals surface area contributed by atoms with Crippen LogP contribution < -0.4 is 10.1 Å². The first-order valence-corrected chi connectivity index (χ1v) is 8.09. The largest absolute Gasteiger partial charge is 0.490 e. The summed E-state index contributed by atoms with van der Waals surface area (Å²) in [5.74, 6) is 1.50. The molecule has 0 aliphatic carbocycles. The summed E-state index contributed by atoms with van der Waals surface area (Å²) in [6.07, 6.45) is 5.58. The van der Waals surface area contributed by atoms with E-state index in [0.717, 1.165) is 47.5 Å². The van der Waals surface area contributed by atoms with Crippen molar-refractivity contribution >= 4 is 27.6 Å². The van der Waals surface area contributed by atoms with Gasteiger partial charge >= 0.3 is 0 Å². The minimum atomic E-state index is 0.251. The summed E-state index contributed by atoms with van der Waals surface area (Å²) in [5, 5.41) is 3.18. The zero-order valence-electron chi connectivity index (χ0n) is 12.4. The van der Waals surface area contributed by atoms with Crippen LogP contribution in [0.1, 0.15) is 18.4 Å². The van der Waals surface area contributed by atoms with E-state index in [0.29, 0.717) is 5.95 Å². The summed E-state index contributed by atoms with van der Waals surface area (Å²) in [4.78, 5) is 8.41. The van der Waals surface area contributed by atoms with Crippen molar-refractivity contribution < 1.29 is 9.47 Å². The predicted molar refractivity (Wildman–Crippen MR) is 88.7 cm³/mol. The van der Waals surface area contributed by atoms with Gasteiger partial charge in [0.05, 0.1) is 17.7 Å². The van der Waals surface area contributed by atoms with Gasteiger partial charge in [-0.2, -0.15) is 0 Å². The normalized spacial score (nSPS) is 15.5. The van der Waals surface area contributed by atoms with Crippen molar-refractivity contribution in [2.45, 2.75) is 25.9 Å². The van der Waals surface area contributed by atoms with Gasteiger partial charge in [-0.15, -0.1) is 0 Å². The first-order valence-electron chi connectivity index (χ1n) is 7.30. The van der Waals surface area contributed by atoms with Crippen molar-refractivity contribution in [2.75, 3.05) is 18.5 Å². The second-order valence-corrected chi connectivity index (χ2v) is 6.18. The molecule has 3 rings (SSSR count). The fourth-order valence-electron chi connectivity index (χ4n) is 2.34. The molecule has 5 nitrogen and oxygen atoms in total. The van der Waals surface area contributed by atoms with Gasteiger partial charge in [0, 0.05) is 30.9 Å². The van der Waals surface area contributed by atoms with Crippen LogP contribution in [0.15, 0.2) is 35.1 Å². The van der Waals surface area contributed by atoms with Gasteiger partial charge in [0.25, 0.3) is 0 Å². The van der Waals surface area contributed by atoms with E-state index in [1.54, 1.807) is 12.4 Å². The molecule has 6 heteroatoms. The van der Waals surface area contributed by atoms with Gasteiger partial charge in [0.15, 0.2) is 0 Å². The molecule has 1 aliphatic heterocycles. The van der Waals surface area contributed by atoms with E-state index in [1.165, 1.54) is 0 Å². The summed E-state index contributed by atoms with van der Waals surface area (Å²) < 4.78 is 12.3. The second kappa shape index (κ2) is 7.07. The number of benzene rings is 1. The summed E-state index contributed by atoms with van der Waals surface area (Å²) in [6.45, 7) is 3.61. The number of nitrogens with one attached hydrogen (secondary N) is 1. The van der Waals surface area contributed by atoms with E-state index in [-0.39, 0.29) is 6.10 Å². The van der Waals surface area contributed by atoms with E-state index in [9.17, 15) is 0 Å². The molecule has 0 unspecified atom stereocenters. The average molecular weight is 364 g/mol. The van der Waals surface area contributed by atoms with Crippen LogP contribution in [-0.4, -0.2) is 29.3 Å². The number of nitrogens with zero attached hydrogens (tertiary/aromatic N) is 2. The molecule has 0 atom stereocenters. The summed E-state index contributed by atoms with van der Waals surface area (Å²) in [5.41, 5.74) is 2.03. The molecule has 2 aromatic rings. The maximum absolute atomic E-state index is 6.06. The summed E-state index contributed by atoms with van der Waals surface area (Å²) >= 11 is 3.32. The maximum atomic E-state index is 6.06. The maximum Gasteiger partial charge on any atom is 0.227 e. The second-order valence-electron chi connectivity index (χ2n) is 5.26. The zero-order valence-corrected chi connectivity index (χ0v) is 14.0. The molecule has 1 fully saturated rings. The lowest BCUT2D eigenvalue weighted by molar-refractivity contribution is 0.0253. The minimum absolute atomic E-state index is 0.251. The van der Waals surface area contributed by atoms with Crippen LogP contribution >= 0.6 is 15.9 Å². The van der Waals surface area contributed by atoms with Crippen molar-refractivity contribution in [1.82, 2.24) is 9.97 Å². The van der Waals surface area contributed by atoms with Gasteiger partial charge in [0.1, 0.15) is 11.9 Å². The molecule has 0 spiro atoms. The Kier molecular flexibility index (Phi) is 4.90. The van der Waals surface area contributed by atoms with E-state index < -0.39 is 0 Å². The van der Waals surface area contributed by atoms with Gasteiger partial charge in [0.2, 0.25) is 5.95 Å². The molecule has 116 valence electrons. The topological polar surface area (TPSA) is 56.3 Å². The highest BCUT2D eigenvalue weighted by atomic mass is 79.9.